The molecule has 0 bridgehead atoms. The van der Waals surface area contributed by atoms with Gasteiger partial charge in [-0.3, -0.25) is 0 Å². The maximum absolute atomic E-state index is 13.5. The second-order valence-corrected chi connectivity index (χ2v) is 3.62. The molecule has 0 atom stereocenters. The molecule has 0 saturated heterocycles. The van der Waals surface area contributed by atoms with Gasteiger partial charge in [0.15, 0.2) is 11.6 Å². The van der Waals surface area contributed by atoms with Gasteiger partial charge in [-0.25, -0.2) is 8.78 Å². The zero-order chi connectivity index (χ0) is 11.4. The lowest BCUT2D eigenvalue weighted by molar-refractivity contribution is 0.507. The molecule has 4 heteroatoms. The highest BCUT2D eigenvalue weighted by Gasteiger charge is 2.14. The standard InChI is InChI=1S/C11H16F2N2/c1-14-7-6-8-4-5-9(12)10(13)11(8)15(2)3/h4-5,14H,6-7H2,1-3H3. The van der Waals surface area contributed by atoms with Crippen LogP contribution in [0.4, 0.5) is 14.5 Å². The van der Waals surface area contributed by atoms with Crippen LogP contribution in [0.2, 0.25) is 0 Å². The molecule has 0 aliphatic rings. The maximum atomic E-state index is 13.5. The molecule has 1 rings (SSSR count). The average molecular weight is 214 g/mol. The largest absolute Gasteiger partial charge is 0.375 e. The van der Waals surface area contributed by atoms with Gasteiger partial charge in [0, 0.05) is 14.1 Å². The Hall–Kier alpha value is -1.16. The van der Waals surface area contributed by atoms with Crippen molar-refractivity contribution in [3.63, 3.8) is 0 Å². The lowest BCUT2D eigenvalue weighted by Gasteiger charge is -2.18. The van der Waals surface area contributed by atoms with Crippen LogP contribution in [0.25, 0.3) is 0 Å². The predicted molar refractivity (Wildman–Crippen MR) is 58.3 cm³/mol. The molecular formula is C11H16F2N2. The van der Waals surface area contributed by atoms with Crippen molar-refractivity contribution in [1.29, 1.82) is 0 Å². The summed E-state index contributed by atoms with van der Waals surface area (Å²) in [4.78, 5) is 1.60. The molecule has 0 aromatic heterocycles. The summed E-state index contributed by atoms with van der Waals surface area (Å²) < 4.78 is 26.5. The van der Waals surface area contributed by atoms with Crippen molar-refractivity contribution in [2.45, 2.75) is 6.42 Å². The molecule has 1 aromatic rings. The van der Waals surface area contributed by atoms with Crippen LogP contribution in [0.1, 0.15) is 5.56 Å². The Bertz CT molecular complexity index is 338. The third-order valence-corrected chi connectivity index (χ3v) is 2.24. The number of hydrogen-bond acceptors (Lipinski definition) is 2. The van der Waals surface area contributed by atoms with E-state index in [1.54, 1.807) is 25.1 Å². The fraction of sp³-hybridized carbons (Fsp3) is 0.455. The summed E-state index contributed by atoms with van der Waals surface area (Å²) in [5.41, 5.74) is 1.15. The number of nitrogens with zero attached hydrogens (tertiary/aromatic N) is 1. The van der Waals surface area contributed by atoms with Gasteiger partial charge in [0.05, 0.1) is 5.69 Å². The molecule has 0 saturated carbocycles. The van der Waals surface area contributed by atoms with Crippen LogP contribution in [-0.4, -0.2) is 27.7 Å². The maximum Gasteiger partial charge on any atom is 0.182 e. The second kappa shape index (κ2) is 5.07. The van der Waals surface area contributed by atoms with E-state index in [1.807, 2.05) is 7.05 Å². The number of likely N-dealkylation sites (N-methyl/N-ethyl adjacent to an activating group) is 1. The topological polar surface area (TPSA) is 15.3 Å². The molecule has 0 aliphatic carbocycles. The van der Waals surface area contributed by atoms with Gasteiger partial charge in [0.2, 0.25) is 0 Å². The summed E-state index contributed by atoms with van der Waals surface area (Å²) >= 11 is 0. The molecule has 0 fully saturated rings. The number of hydrogen-bond donors (Lipinski definition) is 1. The summed E-state index contributed by atoms with van der Waals surface area (Å²) in [5.74, 6) is -1.57. The highest BCUT2D eigenvalue weighted by atomic mass is 19.2. The predicted octanol–water partition coefficient (Wildman–Crippen LogP) is 1.79. The van der Waals surface area contributed by atoms with Gasteiger partial charge in [-0.1, -0.05) is 6.07 Å². The normalized spacial score (nSPS) is 10.5. The first kappa shape index (κ1) is 11.9. The van der Waals surface area contributed by atoms with E-state index in [4.69, 9.17) is 0 Å². The molecule has 0 aliphatic heterocycles. The van der Waals surface area contributed by atoms with Gasteiger partial charge in [0.25, 0.3) is 0 Å². The van der Waals surface area contributed by atoms with E-state index in [0.717, 1.165) is 12.1 Å². The first-order chi connectivity index (χ1) is 7.07. The van der Waals surface area contributed by atoms with E-state index in [9.17, 15) is 8.78 Å². The smallest absolute Gasteiger partial charge is 0.182 e. The molecule has 0 unspecified atom stereocenters. The van der Waals surface area contributed by atoms with E-state index in [0.29, 0.717) is 12.1 Å². The van der Waals surface area contributed by atoms with E-state index in [2.05, 4.69) is 5.32 Å². The first-order valence-corrected chi connectivity index (χ1v) is 4.86. The first-order valence-electron chi connectivity index (χ1n) is 4.86. The van der Waals surface area contributed by atoms with E-state index in [-0.39, 0.29) is 0 Å². The summed E-state index contributed by atoms with van der Waals surface area (Å²) in [6.07, 6.45) is 0.682. The van der Waals surface area contributed by atoms with Crippen LogP contribution in [-0.2, 0) is 6.42 Å². The molecule has 0 radical (unpaired) electrons. The number of rotatable bonds is 4. The summed E-state index contributed by atoms with van der Waals surface area (Å²) in [7, 11) is 5.25. The highest BCUT2D eigenvalue weighted by Crippen LogP contribution is 2.25. The van der Waals surface area contributed by atoms with Crippen LogP contribution >= 0.6 is 0 Å². The van der Waals surface area contributed by atoms with Gasteiger partial charge in [-0.2, -0.15) is 0 Å². The lowest BCUT2D eigenvalue weighted by atomic mass is 10.1. The third-order valence-electron chi connectivity index (χ3n) is 2.24. The summed E-state index contributed by atoms with van der Waals surface area (Å²) in [6.45, 7) is 0.742. The second-order valence-electron chi connectivity index (χ2n) is 3.62. The molecule has 0 spiro atoms. The van der Waals surface area contributed by atoms with Gasteiger partial charge in [-0.15, -0.1) is 0 Å². The van der Waals surface area contributed by atoms with Gasteiger partial charge in [0.1, 0.15) is 0 Å². The minimum Gasteiger partial charge on any atom is -0.375 e. The Morgan fingerprint density at radius 2 is 1.93 bits per heavy atom. The SMILES string of the molecule is CNCCc1ccc(F)c(F)c1N(C)C. The van der Waals surface area contributed by atoms with Crippen LogP contribution < -0.4 is 10.2 Å². The molecule has 2 nitrogen and oxygen atoms in total. The van der Waals surface area contributed by atoms with Crippen molar-refractivity contribution in [3.8, 4) is 0 Å². The summed E-state index contributed by atoms with van der Waals surface area (Å²) in [5, 5.41) is 2.98. The Balaban J connectivity index is 3.09. The third kappa shape index (κ3) is 2.65. The average Bonchev–Trinajstić information content (AvgIpc) is 2.19. The monoisotopic (exact) mass is 214 g/mol. The molecule has 1 aromatic carbocycles. The Labute approximate surface area is 88.9 Å². The molecule has 0 amide bonds. The quantitative estimate of drug-likeness (QED) is 0.822. The van der Waals surface area contributed by atoms with Crippen molar-refractivity contribution in [1.82, 2.24) is 5.32 Å². The van der Waals surface area contributed by atoms with Crippen LogP contribution in [0.3, 0.4) is 0 Å². The van der Waals surface area contributed by atoms with Gasteiger partial charge < -0.3 is 10.2 Å². The highest BCUT2D eigenvalue weighted by molar-refractivity contribution is 5.54. The zero-order valence-corrected chi connectivity index (χ0v) is 9.27. The molecule has 0 heterocycles. The van der Waals surface area contributed by atoms with Crippen molar-refractivity contribution < 1.29 is 8.78 Å². The number of halogens is 2. The van der Waals surface area contributed by atoms with E-state index >= 15 is 0 Å². The minimum absolute atomic E-state index is 0.338. The van der Waals surface area contributed by atoms with Gasteiger partial charge in [-0.05, 0) is 31.6 Å². The number of nitrogens with one attached hydrogen (secondary N) is 1. The summed E-state index contributed by atoms with van der Waals surface area (Å²) in [6, 6.07) is 2.80. The van der Waals surface area contributed by atoms with Gasteiger partial charge >= 0.3 is 0 Å². The zero-order valence-electron chi connectivity index (χ0n) is 9.27. The fourth-order valence-corrected chi connectivity index (χ4v) is 1.52. The molecule has 1 N–H and O–H groups in total. The van der Waals surface area contributed by atoms with Crippen LogP contribution in [0, 0.1) is 11.6 Å². The molecule has 15 heavy (non-hydrogen) atoms. The van der Waals surface area contributed by atoms with Crippen molar-refractivity contribution in [2.24, 2.45) is 0 Å². The Morgan fingerprint density at radius 3 is 2.47 bits per heavy atom. The molecule has 84 valence electrons. The van der Waals surface area contributed by atoms with E-state index in [1.165, 1.54) is 6.07 Å². The molecular weight excluding hydrogens is 198 g/mol. The van der Waals surface area contributed by atoms with E-state index < -0.39 is 11.6 Å². The number of anilines is 1. The van der Waals surface area contributed by atoms with Crippen LogP contribution in [0.15, 0.2) is 12.1 Å². The fourth-order valence-electron chi connectivity index (χ4n) is 1.52. The Kier molecular flexibility index (Phi) is 4.03. The Morgan fingerprint density at radius 1 is 1.27 bits per heavy atom. The van der Waals surface area contributed by atoms with Crippen molar-refractivity contribution in [2.75, 3.05) is 32.6 Å². The number of benzene rings is 1. The lowest BCUT2D eigenvalue weighted by Crippen LogP contribution is -2.17. The minimum atomic E-state index is -0.799. The van der Waals surface area contributed by atoms with Crippen LogP contribution in [0.5, 0.6) is 0 Å². The van der Waals surface area contributed by atoms with Crippen molar-refractivity contribution >= 4 is 5.69 Å². The van der Waals surface area contributed by atoms with Crippen molar-refractivity contribution in [3.05, 3.63) is 29.3 Å².